The average molecular weight is 405 g/mol. The Morgan fingerprint density at radius 3 is 2.45 bits per heavy atom. The SMILES string of the molecule is Cc1ccc(OCC(=O)N2CCC(NC(=O)OCC(C)C)CC2)c(C(C)(C)C)c1. The molecule has 0 radical (unpaired) electrons. The molecule has 1 fully saturated rings. The average Bonchev–Trinajstić information content (AvgIpc) is 2.65. The van der Waals surface area contributed by atoms with Crippen LogP contribution in [-0.4, -0.2) is 49.2 Å². The number of piperidine rings is 1. The Morgan fingerprint density at radius 1 is 1.21 bits per heavy atom. The number of carbonyl (C=O) groups is 2. The fraction of sp³-hybridized carbons (Fsp3) is 0.652. The summed E-state index contributed by atoms with van der Waals surface area (Å²) in [5, 5.41) is 2.89. The van der Waals surface area contributed by atoms with Crippen LogP contribution >= 0.6 is 0 Å². The van der Waals surface area contributed by atoms with E-state index >= 15 is 0 Å². The second-order valence-corrected chi connectivity index (χ2v) is 9.33. The predicted molar refractivity (Wildman–Crippen MR) is 114 cm³/mol. The van der Waals surface area contributed by atoms with Gasteiger partial charge in [-0.25, -0.2) is 4.79 Å². The molecule has 162 valence electrons. The summed E-state index contributed by atoms with van der Waals surface area (Å²) >= 11 is 0. The number of alkyl carbamates (subject to hydrolysis) is 1. The summed E-state index contributed by atoms with van der Waals surface area (Å²) in [5.41, 5.74) is 2.22. The van der Waals surface area contributed by atoms with Crippen molar-refractivity contribution in [3.63, 3.8) is 0 Å². The molecule has 1 aliphatic rings. The van der Waals surface area contributed by atoms with E-state index < -0.39 is 0 Å². The summed E-state index contributed by atoms with van der Waals surface area (Å²) in [6.45, 7) is 14.1. The smallest absolute Gasteiger partial charge is 0.407 e. The highest BCUT2D eigenvalue weighted by molar-refractivity contribution is 5.78. The topological polar surface area (TPSA) is 67.9 Å². The highest BCUT2D eigenvalue weighted by Gasteiger charge is 2.25. The first kappa shape index (κ1) is 23.0. The number of amides is 2. The van der Waals surface area contributed by atoms with Crippen LogP contribution in [0.4, 0.5) is 4.79 Å². The largest absolute Gasteiger partial charge is 0.483 e. The Bertz CT molecular complexity index is 701. The summed E-state index contributed by atoms with van der Waals surface area (Å²) in [5.74, 6) is 1.06. The first-order valence-electron chi connectivity index (χ1n) is 10.5. The molecule has 1 N–H and O–H groups in total. The number of rotatable bonds is 6. The number of nitrogens with zero attached hydrogens (tertiary/aromatic N) is 1. The fourth-order valence-electron chi connectivity index (χ4n) is 3.31. The minimum absolute atomic E-state index is 0.0220. The van der Waals surface area contributed by atoms with Gasteiger partial charge in [0, 0.05) is 19.1 Å². The van der Waals surface area contributed by atoms with Crippen LogP contribution in [0, 0.1) is 12.8 Å². The van der Waals surface area contributed by atoms with E-state index in [2.05, 4.69) is 39.1 Å². The Kier molecular flexibility index (Phi) is 7.94. The molecule has 29 heavy (non-hydrogen) atoms. The first-order chi connectivity index (χ1) is 13.6. The van der Waals surface area contributed by atoms with Gasteiger partial charge in [0.15, 0.2) is 6.61 Å². The van der Waals surface area contributed by atoms with Gasteiger partial charge in [0.1, 0.15) is 5.75 Å². The Morgan fingerprint density at radius 2 is 1.86 bits per heavy atom. The molecule has 1 heterocycles. The van der Waals surface area contributed by atoms with Crippen LogP contribution in [0.15, 0.2) is 18.2 Å². The van der Waals surface area contributed by atoms with Crippen molar-refractivity contribution >= 4 is 12.0 Å². The number of aryl methyl sites for hydroxylation is 1. The van der Waals surface area contributed by atoms with Gasteiger partial charge in [-0.3, -0.25) is 4.79 Å². The summed E-state index contributed by atoms with van der Waals surface area (Å²) in [6.07, 6.45) is 1.07. The van der Waals surface area contributed by atoms with Crippen LogP contribution in [0.5, 0.6) is 5.75 Å². The van der Waals surface area contributed by atoms with Gasteiger partial charge in [0.05, 0.1) is 6.61 Å². The number of hydrogen-bond donors (Lipinski definition) is 1. The second kappa shape index (κ2) is 9.99. The maximum absolute atomic E-state index is 12.6. The molecule has 6 nitrogen and oxygen atoms in total. The van der Waals surface area contributed by atoms with Gasteiger partial charge >= 0.3 is 6.09 Å². The van der Waals surface area contributed by atoms with E-state index in [1.165, 1.54) is 5.56 Å². The van der Waals surface area contributed by atoms with Crippen molar-refractivity contribution in [3.8, 4) is 5.75 Å². The van der Waals surface area contributed by atoms with Crippen LogP contribution in [-0.2, 0) is 14.9 Å². The third kappa shape index (κ3) is 7.26. The van der Waals surface area contributed by atoms with Crippen molar-refractivity contribution in [2.45, 2.75) is 65.8 Å². The van der Waals surface area contributed by atoms with E-state index in [-0.39, 0.29) is 30.1 Å². The van der Waals surface area contributed by atoms with Crippen molar-refractivity contribution in [1.82, 2.24) is 10.2 Å². The molecule has 0 bridgehead atoms. The fourth-order valence-corrected chi connectivity index (χ4v) is 3.31. The Labute approximate surface area is 174 Å². The highest BCUT2D eigenvalue weighted by atomic mass is 16.5. The lowest BCUT2D eigenvalue weighted by atomic mass is 9.85. The summed E-state index contributed by atoms with van der Waals surface area (Å²) in [6, 6.07) is 6.12. The number of carbonyl (C=O) groups excluding carboxylic acids is 2. The monoisotopic (exact) mass is 404 g/mol. The molecule has 1 saturated heterocycles. The Balaban J connectivity index is 1.81. The van der Waals surface area contributed by atoms with Gasteiger partial charge in [0.2, 0.25) is 0 Å². The zero-order chi connectivity index (χ0) is 21.6. The molecular formula is C23H36N2O4. The number of ether oxygens (including phenoxy) is 2. The zero-order valence-electron chi connectivity index (χ0n) is 18.7. The van der Waals surface area contributed by atoms with Gasteiger partial charge in [-0.1, -0.05) is 52.3 Å². The van der Waals surface area contributed by atoms with Crippen molar-refractivity contribution in [1.29, 1.82) is 0 Å². The lowest BCUT2D eigenvalue weighted by molar-refractivity contribution is -0.134. The van der Waals surface area contributed by atoms with Crippen molar-refractivity contribution in [3.05, 3.63) is 29.3 Å². The molecule has 0 aromatic heterocycles. The van der Waals surface area contributed by atoms with Crippen LogP contribution in [0.25, 0.3) is 0 Å². The van der Waals surface area contributed by atoms with Crippen LogP contribution in [0.3, 0.4) is 0 Å². The molecule has 0 saturated carbocycles. The third-order valence-electron chi connectivity index (χ3n) is 5.01. The summed E-state index contributed by atoms with van der Waals surface area (Å²) in [7, 11) is 0. The van der Waals surface area contributed by atoms with Crippen molar-refractivity contribution < 1.29 is 19.1 Å². The van der Waals surface area contributed by atoms with Crippen LogP contribution < -0.4 is 10.1 Å². The van der Waals surface area contributed by atoms with E-state index in [0.717, 1.165) is 24.2 Å². The minimum atomic E-state index is -0.374. The lowest BCUT2D eigenvalue weighted by Gasteiger charge is -2.32. The molecule has 0 atom stereocenters. The van der Waals surface area contributed by atoms with Gasteiger partial charge < -0.3 is 19.7 Å². The maximum atomic E-state index is 12.6. The predicted octanol–water partition coefficient (Wildman–Crippen LogP) is 4.04. The molecule has 0 aliphatic carbocycles. The number of hydrogen-bond acceptors (Lipinski definition) is 4. The van der Waals surface area contributed by atoms with Gasteiger partial charge in [-0.15, -0.1) is 0 Å². The van der Waals surface area contributed by atoms with Gasteiger partial charge in [-0.2, -0.15) is 0 Å². The third-order valence-corrected chi connectivity index (χ3v) is 5.01. The maximum Gasteiger partial charge on any atom is 0.407 e. The molecule has 0 spiro atoms. The lowest BCUT2D eigenvalue weighted by Crippen LogP contribution is -2.47. The minimum Gasteiger partial charge on any atom is -0.483 e. The second-order valence-electron chi connectivity index (χ2n) is 9.33. The van der Waals surface area contributed by atoms with E-state index in [4.69, 9.17) is 9.47 Å². The summed E-state index contributed by atoms with van der Waals surface area (Å²) in [4.78, 5) is 26.2. The molecular weight excluding hydrogens is 368 g/mol. The van der Waals surface area contributed by atoms with E-state index in [9.17, 15) is 9.59 Å². The normalized spacial score (nSPS) is 15.3. The number of benzene rings is 1. The standard InChI is InChI=1S/C23H36N2O4/c1-16(2)14-29-22(27)24-18-9-11-25(12-10-18)21(26)15-28-20-8-7-17(3)13-19(20)23(4,5)6/h7-8,13,16,18H,9-12,14-15H2,1-6H3,(H,24,27). The van der Waals surface area contributed by atoms with Crippen molar-refractivity contribution in [2.24, 2.45) is 5.92 Å². The first-order valence-corrected chi connectivity index (χ1v) is 10.5. The van der Waals surface area contributed by atoms with E-state index in [1.54, 1.807) is 0 Å². The molecule has 0 unspecified atom stereocenters. The Hall–Kier alpha value is -2.24. The van der Waals surface area contributed by atoms with Crippen LogP contribution in [0.2, 0.25) is 0 Å². The summed E-state index contributed by atoms with van der Waals surface area (Å²) < 4.78 is 11.1. The van der Waals surface area contributed by atoms with Crippen molar-refractivity contribution in [2.75, 3.05) is 26.3 Å². The molecule has 1 aromatic carbocycles. The molecule has 2 rings (SSSR count). The molecule has 1 aliphatic heterocycles. The zero-order valence-corrected chi connectivity index (χ0v) is 18.7. The number of nitrogens with one attached hydrogen (secondary N) is 1. The van der Waals surface area contributed by atoms with E-state index in [1.807, 2.05) is 30.9 Å². The van der Waals surface area contributed by atoms with E-state index in [0.29, 0.717) is 25.6 Å². The van der Waals surface area contributed by atoms with Gasteiger partial charge in [-0.05, 0) is 42.7 Å². The van der Waals surface area contributed by atoms with Crippen LogP contribution in [0.1, 0.15) is 58.6 Å². The molecule has 2 amide bonds. The molecule has 6 heteroatoms. The number of likely N-dealkylation sites (tertiary alicyclic amines) is 1. The highest BCUT2D eigenvalue weighted by Crippen LogP contribution is 2.32. The molecule has 1 aromatic rings. The quantitative estimate of drug-likeness (QED) is 0.777. The van der Waals surface area contributed by atoms with Gasteiger partial charge in [0.25, 0.3) is 5.91 Å².